The molecule has 14 heavy (non-hydrogen) atoms. The molecule has 4 N–H and O–H groups in total. The van der Waals surface area contributed by atoms with Crippen LogP contribution in [-0.4, -0.2) is 15.0 Å². The summed E-state index contributed by atoms with van der Waals surface area (Å²) in [7, 11) is -1.22. The normalized spacial score (nSPS) is 17.3. The van der Waals surface area contributed by atoms with Crippen molar-refractivity contribution in [2.45, 2.75) is 4.90 Å². The average Bonchev–Trinajstić information content (AvgIpc) is 2.14. The van der Waals surface area contributed by atoms with Crippen LogP contribution in [0.1, 0.15) is 0 Å². The summed E-state index contributed by atoms with van der Waals surface area (Å²) in [6.07, 6.45) is 0. The van der Waals surface area contributed by atoms with Crippen molar-refractivity contribution in [3.63, 3.8) is 0 Å². The van der Waals surface area contributed by atoms with Gasteiger partial charge in [0.25, 0.3) is 0 Å². The lowest BCUT2D eigenvalue weighted by Gasteiger charge is -2.10. The van der Waals surface area contributed by atoms with Crippen LogP contribution in [0.2, 0.25) is 0 Å². The molecule has 78 valence electrons. The number of nitrogens with one attached hydrogen (secondary N) is 1. The van der Waals surface area contributed by atoms with Crippen LogP contribution < -0.4 is 10.6 Å². The third-order valence-electron chi connectivity index (χ3n) is 1.43. The highest BCUT2D eigenvalue weighted by Gasteiger charge is 2.07. The molecule has 0 radical (unpaired) electrons. The van der Waals surface area contributed by atoms with Crippen LogP contribution >= 0.6 is 6.57 Å². The van der Waals surface area contributed by atoms with Crippen LogP contribution in [0, 0.1) is 0 Å². The van der Waals surface area contributed by atoms with Crippen LogP contribution in [0.3, 0.4) is 0 Å². The highest BCUT2D eigenvalue weighted by molar-refractivity contribution is 8.09. The first-order valence-corrected chi connectivity index (χ1v) is 7.93. The van der Waals surface area contributed by atoms with Gasteiger partial charge in [-0.1, -0.05) is 18.2 Å². The van der Waals surface area contributed by atoms with Gasteiger partial charge in [0.2, 0.25) is 0 Å². The van der Waals surface area contributed by atoms with E-state index in [1.165, 1.54) is 0 Å². The molecule has 0 spiro atoms. The second kappa shape index (κ2) is 5.11. The Balaban J connectivity index is 2.57. The van der Waals surface area contributed by atoms with E-state index < -0.39 is 17.4 Å². The number of hydrogen-bond donors (Lipinski definition) is 3. The van der Waals surface area contributed by atoms with E-state index in [2.05, 4.69) is 16.9 Å². The van der Waals surface area contributed by atoms with Gasteiger partial charge in [0.15, 0.2) is 6.57 Å². The van der Waals surface area contributed by atoms with Crippen molar-refractivity contribution in [3.05, 3.63) is 30.3 Å². The molecule has 0 bridgehead atoms. The summed E-state index contributed by atoms with van der Waals surface area (Å²) in [5.74, 6) is 0.0777. The predicted octanol–water partition coefficient (Wildman–Crippen LogP) is 0.517. The minimum absolute atomic E-state index is 0.0777. The Morgan fingerprint density at radius 3 is 2.57 bits per heavy atom. The van der Waals surface area contributed by atoms with Crippen LogP contribution in [-0.2, 0) is 22.6 Å². The van der Waals surface area contributed by atoms with Crippen molar-refractivity contribution in [2.75, 3.05) is 5.88 Å². The van der Waals surface area contributed by atoms with Crippen molar-refractivity contribution >= 4 is 29.2 Å². The quantitative estimate of drug-likeness (QED) is 0.679. The van der Waals surface area contributed by atoms with Gasteiger partial charge in [-0.15, -0.1) is 0 Å². The summed E-state index contributed by atoms with van der Waals surface area (Å²) < 4.78 is 11.5. The van der Waals surface area contributed by atoms with Crippen molar-refractivity contribution in [3.8, 4) is 0 Å². The summed E-state index contributed by atoms with van der Waals surface area (Å²) in [5, 5.41) is 2.48. The fourth-order valence-corrected chi connectivity index (χ4v) is 3.12. The van der Waals surface area contributed by atoms with Crippen LogP contribution in [0.15, 0.2) is 35.2 Å². The molecule has 1 aromatic rings. The molecule has 0 heterocycles. The van der Waals surface area contributed by atoms with Gasteiger partial charge < -0.3 is 4.89 Å². The average molecular weight is 250 g/mol. The predicted molar refractivity (Wildman–Crippen MR) is 61.5 cm³/mol. The third kappa shape index (κ3) is 4.41. The molecule has 1 rings (SSSR count). The zero-order chi connectivity index (χ0) is 10.6. The van der Waals surface area contributed by atoms with E-state index in [9.17, 15) is 4.21 Å². The first-order chi connectivity index (χ1) is 6.49. The maximum absolute atomic E-state index is 11.5. The topological polar surface area (TPSA) is 75.3 Å². The Kier molecular flexibility index (Phi) is 4.37. The van der Waals surface area contributed by atoms with Crippen LogP contribution in [0.4, 0.5) is 0 Å². The van der Waals surface area contributed by atoms with Gasteiger partial charge in [-0.25, -0.2) is 5.09 Å². The van der Waals surface area contributed by atoms with E-state index in [0.29, 0.717) is 4.90 Å². The molecule has 4 nitrogen and oxygen atoms in total. The number of benzene rings is 1. The minimum Gasteiger partial charge on any atom is -0.343 e. The lowest BCUT2D eigenvalue weighted by atomic mass is 10.4. The number of rotatable bonds is 4. The van der Waals surface area contributed by atoms with Gasteiger partial charge in [0, 0.05) is 4.90 Å². The molecule has 0 saturated carbocycles. The number of nitrogens with two attached hydrogens (primary N) is 1. The molecule has 0 aliphatic carbocycles. The Bertz CT molecular complexity index is 365. The minimum atomic E-state index is -2.95. The van der Waals surface area contributed by atoms with E-state index in [-0.39, 0.29) is 5.88 Å². The van der Waals surface area contributed by atoms with Crippen LogP contribution in [0.25, 0.3) is 0 Å². The molecular formula is C7H11N2O2PS2. The molecule has 0 aliphatic heterocycles. The van der Waals surface area contributed by atoms with Crippen molar-refractivity contribution < 1.29 is 9.10 Å². The number of hydrogen-bond acceptors (Lipinski definition) is 2. The molecule has 0 aliphatic rings. The SMILES string of the molecule is NP(O)(=S)NCS(=O)c1ccccc1. The van der Waals surface area contributed by atoms with E-state index in [1.807, 2.05) is 6.07 Å². The first-order valence-electron chi connectivity index (χ1n) is 3.79. The largest absolute Gasteiger partial charge is 0.343 e. The standard InChI is InChI=1S/C7H11N2O2PS2/c8-12(10,13)9-6-14(11)7-4-2-1-3-5-7/h1-5H,6H2,(H4,8,9,10,13). The first kappa shape index (κ1) is 12.0. The molecule has 2 atom stereocenters. The third-order valence-corrected chi connectivity index (χ3v) is 3.85. The smallest absolute Gasteiger partial charge is 0.193 e. The zero-order valence-corrected chi connectivity index (χ0v) is 9.82. The zero-order valence-electron chi connectivity index (χ0n) is 7.29. The molecule has 1 aromatic carbocycles. The molecule has 0 aromatic heterocycles. The lowest BCUT2D eigenvalue weighted by molar-refractivity contribution is 0.609. The lowest BCUT2D eigenvalue weighted by Crippen LogP contribution is -2.20. The molecule has 7 heteroatoms. The van der Waals surface area contributed by atoms with E-state index in [1.54, 1.807) is 24.3 Å². The Labute approximate surface area is 90.2 Å². The van der Waals surface area contributed by atoms with Gasteiger partial charge in [-0.05, 0) is 23.9 Å². The Morgan fingerprint density at radius 1 is 1.50 bits per heavy atom. The fraction of sp³-hybridized carbons (Fsp3) is 0.143. The van der Waals surface area contributed by atoms with Crippen LogP contribution in [0.5, 0.6) is 0 Å². The van der Waals surface area contributed by atoms with E-state index in [4.69, 9.17) is 10.4 Å². The molecular weight excluding hydrogens is 239 g/mol. The summed E-state index contributed by atoms with van der Waals surface area (Å²) in [5.41, 5.74) is 5.20. The summed E-state index contributed by atoms with van der Waals surface area (Å²) in [4.78, 5) is 9.76. The van der Waals surface area contributed by atoms with Gasteiger partial charge in [-0.2, -0.15) is 0 Å². The second-order valence-corrected chi connectivity index (χ2v) is 7.27. The fourth-order valence-electron chi connectivity index (χ4n) is 0.807. The molecule has 0 fully saturated rings. The summed E-state index contributed by atoms with van der Waals surface area (Å²) in [6.45, 7) is -2.95. The van der Waals surface area contributed by atoms with Crippen molar-refractivity contribution in [1.29, 1.82) is 0 Å². The van der Waals surface area contributed by atoms with Gasteiger partial charge in [-0.3, -0.25) is 9.71 Å². The van der Waals surface area contributed by atoms with E-state index >= 15 is 0 Å². The summed E-state index contributed by atoms with van der Waals surface area (Å²) >= 11 is 4.55. The van der Waals surface area contributed by atoms with E-state index in [0.717, 1.165) is 0 Å². The maximum atomic E-state index is 11.5. The van der Waals surface area contributed by atoms with Gasteiger partial charge in [0.05, 0.1) is 16.7 Å². The second-order valence-electron chi connectivity index (χ2n) is 2.58. The highest BCUT2D eigenvalue weighted by atomic mass is 32.4. The molecule has 2 unspecified atom stereocenters. The van der Waals surface area contributed by atoms with Crippen molar-refractivity contribution in [2.24, 2.45) is 5.50 Å². The summed E-state index contributed by atoms with van der Waals surface area (Å²) in [6, 6.07) is 8.92. The molecule has 0 amide bonds. The Hall–Kier alpha value is -0.100. The monoisotopic (exact) mass is 250 g/mol. The van der Waals surface area contributed by atoms with Gasteiger partial charge >= 0.3 is 0 Å². The Morgan fingerprint density at radius 2 is 2.07 bits per heavy atom. The van der Waals surface area contributed by atoms with Gasteiger partial charge in [0.1, 0.15) is 0 Å². The highest BCUT2D eigenvalue weighted by Crippen LogP contribution is 2.23. The molecule has 0 saturated heterocycles. The maximum Gasteiger partial charge on any atom is 0.193 e. The van der Waals surface area contributed by atoms with Crippen molar-refractivity contribution in [1.82, 2.24) is 5.09 Å².